The molecule has 0 saturated heterocycles. The number of nitrogens with one attached hydrogen (secondary N) is 3. The first-order valence-corrected chi connectivity index (χ1v) is 12.7. The Morgan fingerprint density at radius 1 is 1.12 bits per heavy atom. The van der Waals surface area contributed by atoms with Crippen LogP contribution < -0.4 is 26.2 Å². The lowest BCUT2D eigenvalue weighted by Crippen LogP contribution is -2.42. The number of carbonyl (C=O) groups is 2. The summed E-state index contributed by atoms with van der Waals surface area (Å²) in [6.45, 7) is 6.44. The maximum absolute atomic E-state index is 13.0. The molecule has 0 saturated carbocycles. The summed E-state index contributed by atoms with van der Waals surface area (Å²) in [5.74, 6) is -1.01. The molecule has 14 heteroatoms. The SMILES string of the molecule is CC(C)(C)C(=O)OCC(C)(NSC(=O)Nc1c(N)cccc1Cn1ccoc1=N)c1cccc(OC(F)(F)F)c1. The Bertz CT molecular complexity index is 1420. The van der Waals surface area contributed by atoms with Crippen LogP contribution in [0.4, 0.5) is 29.3 Å². The number of oxazole rings is 1. The van der Waals surface area contributed by atoms with Crippen molar-refractivity contribution >= 4 is 34.5 Å². The van der Waals surface area contributed by atoms with Crippen LogP contribution in [0, 0.1) is 10.8 Å². The second-order valence-corrected chi connectivity index (χ2v) is 10.8. The second-order valence-electron chi connectivity index (χ2n) is 10.1. The predicted molar refractivity (Wildman–Crippen MR) is 143 cm³/mol. The van der Waals surface area contributed by atoms with Gasteiger partial charge in [0, 0.05) is 18.1 Å². The van der Waals surface area contributed by atoms with Crippen LogP contribution in [0.2, 0.25) is 0 Å². The van der Waals surface area contributed by atoms with E-state index >= 15 is 0 Å². The number of hydrogen-bond donors (Lipinski definition) is 4. The maximum Gasteiger partial charge on any atom is 0.573 e. The van der Waals surface area contributed by atoms with Gasteiger partial charge in [0.25, 0.3) is 10.9 Å². The number of ether oxygens (including phenoxy) is 2. The highest BCUT2D eigenvalue weighted by molar-refractivity contribution is 8.12. The van der Waals surface area contributed by atoms with E-state index in [1.165, 1.54) is 23.0 Å². The van der Waals surface area contributed by atoms with Gasteiger partial charge in [0.1, 0.15) is 18.6 Å². The lowest BCUT2D eigenvalue weighted by molar-refractivity contribution is -0.274. The molecule has 40 heavy (non-hydrogen) atoms. The number of aromatic nitrogens is 1. The molecule has 3 aromatic rings. The Morgan fingerprint density at radius 3 is 2.45 bits per heavy atom. The Labute approximate surface area is 232 Å². The number of nitrogens with two attached hydrogens (primary N) is 1. The van der Waals surface area contributed by atoms with Gasteiger partial charge >= 0.3 is 12.3 Å². The van der Waals surface area contributed by atoms with Crippen molar-refractivity contribution in [2.75, 3.05) is 17.7 Å². The minimum absolute atomic E-state index is 0.0898. The summed E-state index contributed by atoms with van der Waals surface area (Å²) in [6, 6.07) is 10.2. The van der Waals surface area contributed by atoms with Crippen molar-refractivity contribution in [3.8, 4) is 5.75 Å². The number of rotatable bonds is 9. The topological polar surface area (TPSA) is 145 Å². The van der Waals surface area contributed by atoms with Gasteiger partial charge in [0.15, 0.2) is 0 Å². The zero-order valence-corrected chi connectivity index (χ0v) is 23.0. The molecule has 0 bridgehead atoms. The summed E-state index contributed by atoms with van der Waals surface area (Å²) in [5.41, 5.74) is 5.35. The number of benzene rings is 2. The molecule has 1 atom stereocenters. The van der Waals surface area contributed by atoms with E-state index in [1.54, 1.807) is 52.1 Å². The molecule has 0 spiro atoms. The van der Waals surface area contributed by atoms with E-state index in [2.05, 4.69) is 14.8 Å². The summed E-state index contributed by atoms with van der Waals surface area (Å²) in [4.78, 5) is 25.5. The van der Waals surface area contributed by atoms with Crippen molar-refractivity contribution in [3.05, 3.63) is 71.7 Å². The van der Waals surface area contributed by atoms with Gasteiger partial charge in [0.2, 0.25) is 0 Å². The first kappa shape index (κ1) is 30.6. The number of nitrogens with zero attached hydrogens (tertiary/aromatic N) is 1. The number of para-hydroxylation sites is 1. The van der Waals surface area contributed by atoms with Crippen LogP contribution in [-0.2, 0) is 21.6 Å². The largest absolute Gasteiger partial charge is 0.573 e. The molecule has 5 N–H and O–H groups in total. The van der Waals surface area contributed by atoms with Crippen molar-refractivity contribution < 1.29 is 36.7 Å². The zero-order chi connectivity index (χ0) is 29.7. The van der Waals surface area contributed by atoms with Gasteiger partial charge < -0.3 is 24.9 Å². The molecule has 10 nitrogen and oxygen atoms in total. The summed E-state index contributed by atoms with van der Waals surface area (Å²) in [6.07, 6.45) is -1.98. The van der Waals surface area contributed by atoms with E-state index in [-0.39, 0.29) is 30.1 Å². The average Bonchev–Trinajstić information content (AvgIpc) is 3.26. The van der Waals surface area contributed by atoms with Gasteiger partial charge in [-0.2, -0.15) is 0 Å². The first-order chi connectivity index (χ1) is 18.6. The molecule has 3 rings (SSSR count). The molecule has 216 valence electrons. The number of halogens is 3. The van der Waals surface area contributed by atoms with Gasteiger partial charge in [-0.3, -0.25) is 19.6 Å². The molecule has 1 amide bonds. The smallest absolute Gasteiger partial charge is 0.463 e. The van der Waals surface area contributed by atoms with Crippen LogP contribution in [-0.4, -0.2) is 28.7 Å². The Hall–Kier alpha value is -3.91. The minimum Gasteiger partial charge on any atom is -0.463 e. The summed E-state index contributed by atoms with van der Waals surface area (Å²) < 4.78 is 57.4. The molecule has 0 radical (unpaired) electrons. The van der Waals surface area contributed by atoms with Crippen molar-refractivity contribution in [2.45, 2.75) is 46.1 Å². The standard InChI is InChI=1S/C26H30F3N5O5S/c1-24(2,3)21(35)38-15-25(4,17-8-6-9-18(13-17)39-26(27,28)29)33-40-23(36)32-20-16(7-5-10-19(20)30)14-34-11-12-37-22(34)31/h5-13,31,33H,14-15,30H2,1-4H3,(H,32,36). The fraction of sp³-hybridized carbons (Fsp3) is 0.346. The fourth-order valence-corrected chi connectivity index (χ4v) is 4.08. The van der Waals surface area contributed by atoms with E-state index in [4.69, 9.17) is 20.3 Å². The second kappa shape index (κ2) is 12.1. The third kappa shape index (κ3) is 8.29. The molecule has 1 aromatic heterocycles. The van der Waals surface area contributed by atoms with Crippen molar-refractivity contribution in [1.29, 1.82) is 5.41 Å². The number of hydrogen-bond acceptors (Lipinski definition) is 9. The molecule has 1 heterocycles. The van der Waals surface area contributed by atoms with E-state index in [1.807, 2.05) is 0 Å². The first-order valence-electron chi connectivity index (χ1n) is 11.9. The molecule has 0 aliphatic rings. The number of amides is 1. The van der Waals surface area contributed by atoms with Gasteiger partial charge in [-0.15, -0.1) is 13.2 Å². The third-order valence-corrected chi connectivity index (χ3v) is 6.45. The molecule has 1 unspecified atom stereocenters. The average molecular weight is 582 g/mol. The van der Waals surface area contributed by atoms with Crippen molar-refractivity contribution in [2.24, 2.45) is 5.41 Å². The number of carbonyl (C=O) groups excluding carboxylic acids is 2. The molecule has 0 aliphatic heterocycles. The van der Waals surface area contributed by atoms with Crippen LogP contribution in [0.3, 0.4) is 0 Å². The Morgan fingerprint density at radius 2 is 1.82 bits per heavy atom. The van der Waals surface area contributed by atoms with E-state index < -0.39 is 34.3 Å². The lowest BCUT2D eigenvalue weighted by atomic mass is 9.93. The molecular formula is C26H30F3N5O5S. The maximum atomic E-state index is 13.0. The number of esters is 1. The Balaban J connectivity index is 1.82. The third-order valence-electron chi connectivity index (χ3n) is 5.61. The minimum atomic E-state index is -4.90. The monoisotopic (exact) mass is 581 g/mol. The summed E-state index contributed by atoms with van der Waals surface area (Å²) in [7, 11) is 0. The van der Waals surface area contributed by atoms with Gasteiger partial charge in [-0.05, 0) is 57.0 Å². The van der Waals surface area contributed by atoms with Crippen LogP contribution in [0.15, 0.2) is 59.3 Å². The van der Waals surface area contributed by atoms with E-state index in [0.717, 1.165) is 12.1 Å². The number of anilines is 2. The highest BCUT2D eigenvalue weighted by Crippen LogP contribution is 2.32. The molecular weight excluding hydrogens is 551 g/mol. The molecule has 2 aromatic carbocycles. The highest BCUT2D eigenvalue weighted by atomic mass is 32.2. The fourth-order valence-electron chi connectivity index (χ4n) is 3.44. The molecule has 0 aliphatic carbocycles. The van der Waals surface area contributed by atoms with Crippen molar-refractivity contribution in [1.82, 2.24) is 9.29 Å². The van der Waals surface area contributed by atoms with Gasteiger partial charge in [-0.1, -0.05) is 24.3 Å². The van der Waals surface area contributed by atoms with Gasteiger partial charge in [-0.25, -0.2) is 4.72 Å². The van der Waals surface area contributed by atoms with E-state index in [0.29, 0.717) is 23.2 Å². The summed E-state index contributed by atoms with van der Waals surface area (Å²) in [5, 5.41) is 9.93. The van der Waals surface area contributed by atoms with Crippen LogP contribution >= 0.6 is 11.9 Å². The van der Waals surface area contributed by atoms with Crippen LogP contribution in [0.5, 0.6) is 5.75 Å². The normalized spacial score (nSPS) is 13.4. The Kier molecular flexibility index (Phi) is 9.25. The molecule has 0 fully saturated rings. The highest BCUT2D eigenvalue weighted by Gasteiger charge is 2.35. The lowest BCUT2D eigenvalue weighted by Gasteiger charge is -2.31. The van der Waals surface area contributed by atoms with Crippen LogP contribution in [0.1, 0.15) is 38.8 Å². The van der Waals surface area contributed by atoms with E-state index in [9.17, 15) is 22.8 Å². The predicted octanol–water partition coefficient (Wildman–Crippen LogP) is 5.36. The number of alkyl halides is 3. The van der Waals surface area contributed by atoms with Gasteiger partial charge in [0.05, 0.1) is 28.9 Å². The quantitative estimate of drug-likeness (QED) is 0.150. The van der Waals surface area contributed by atoms with Crippen LogP contribution in [0.25, 0.3) is 0 Å². The number of nitrogen functional groups attached to an aromatic ring is 1. The summed E-state index contributed by atoms with van der Waals surface area (Å²) >= 11 is 0.607. The van der Waals surface area contributed by atoms with Crippen molar-refractivity contribution in [3.63, 3.8) is 0 Å². The zero-order valence-electron chi connectivity index (χ0n) is 22.2.